The molecule has 0 unspecified atom stereocenters. The van der Waals surface area contributed by atoms with E-state index < -0.39 is 0 Å². The zero-order valence-corrected chi connectivity index (χ0v) is 22.0. The van der Waals surface area contributed by atoms with Crippen LogP contribution < -0.4 is 14.8 Å². The third kappa shape index (κ3) is 5.27. The van der Waals surface area contributed by atoms with Gasteiger partial charge in [-0.25, -0.2) is 0 Å². The van der Waals surface area contributed by atoms with Crippen molar-refractivity contribution < 1.29 is 19.1 Å². The number of dihydropyridines is 1. The highest BCUT2D eigenvalue weighted by Crippen LogP contribution is 2.48. The third-order valence-corrected chi connectivity index (χ3v) is 7.71. The van der Waals surface area contributed by atoms with Crippen LogP contribution in [0.25, 0.3) is 0 Å². The number of ketones is 2. The minimum Gasteiger partial charge on any atom is -0.493 e. The lowest BCUT2D eigenvalue weighted by atomic mass is 9.71. The number of benzene rings is 1. The zero-order chi connectivity index (χ0) is 24.1. The fourth-order valence-electron chi connectivity index (χ4n) is 5.42. The van der Waals surface area contributed by atoms with Gasteiger partial charge in [0.1, 0.15) is 0 Å². The summed E-state index contributed by atoms with van der Waals surface area (Å²) in [7, 11) is 1.64. The van der Waals surface area contributed by atoms with E-state index in [1.165, 1.54) is 25.7 Å². The summed E-state index contributed by atoms with van der Waals surface area (Å²) < 4.78 is 12.6. The van der Waals surface area contributed by atoms with Crippen LogP contribution in [0.1, 0.15) is 95.5 Å². The number of carbonyl (C=O) groups is 2. The van der Waals surface area contributed by atoms with Crippen molar-refractivity contribution in [3.63, 3.8) is 0 Å². The largest absolute Gasteiger partial charge is 0.493 e. The summed E-state index contributed by atoms with van der Waals surface area (Å²) >= 11 is 3.69. The third-order valence-electron chi connectivity index (χ3n) is 7.12. The molecule has 3 aliphatic rings. The number of hydrogen-bond donors (Lipinski definition) is 1. The number of nitrogens with one attached hydrogen (secondary N) is 1. The average molecular weight is 531 g/mol. The second-order valence-corrected chi connectivity index (χ2v) is 10.4. The van der Waals surface area contributed by atoms with Gasteiger partial charge in [0, 0.05) is 41.3 Å². The molecule has 0 atom stereocenters. The maximum atomic E-state index is 13.1. The first-order valence-electron chi connectivity index (χ1n) is 12.8. The van der Waals surface area contributed by atoms with Crippen LogP contribution >= 0.6 is 15.9 Å². The van der Waals surface area contributed by atoms with Crippen molar-refractivity contribution >= 4 is 27.5 Å². The number of ether oxygens (including phenoxy) is 2. The van der Waals surface area contributed by atoms with E-state index >= 15 is 0 Å². The molecule has 34 heavy (non-hydrogen) atoms. The molecule has 184 valence electrons. The van der Waals surface area contributed by atoms with Gasteiger partial charge in [0.15, 0.2) is 23.1 Å². The molecule has 0 aromatic heterocycles. The van der Waals surface area contributed by atoms with Crippen LogP contribution in [0.2, 0.25) is 0 Å². The fraction of sp³-hybridized carbons (Fsp3) is 0.571. The average Bonchev–Trinajstić information content (AvgIpc) is 2.83. The second kappa shape index (κ2) is 11.6. The number of halogens is 1. The van der Waals surface area contributed by atoms with Gasteiger partial charge in [-0.05, 0) is 65.7 Å². The number of hydrogen-bond acceptors (Lipinski definition) is 5. The minimum atomic E-state index is -0.343. The molecule has 0 spiro atoms. The van der Waals surface area contributed by atoms with Crippen LogP contribution in [0.5, 0.6) is 11.5 Å². The molecule has 1 N–H and O–H groups in total. The lowest BCUT2D eigenvalue weighted by molar-refractivity contribution is -0.116. The molecule has 0 saturated heterocycles. The van der Waals surface area contributed by atoms with Crippen molar-refractivity contribution in [2.45, 2.75) is 89.9 Å². The summed E-state index contributed by atoms with van der Waals surface area (Å²) in [4.78, 5) is 26.1. The van der Waals surface area contributed by atoms with Gasteiger partial charge in [-0.2, -0.15) is 0 Å². The van der Waals surface area contributed by atoms with Crippen LogP contribution in [0, 0.1) is 0 Å². The Balaban J connectivity index is 1.61. The van der Waals surface area contributed by atoms with Gasteiger partial charge in [0.25, 0.3) is 0 Å². The first kappa shape index (κ1) is 25.0. The van der Waals surface area contributed by atoms with Crippen LogP contribution in [0.3, 0.4) is 0 Å². The van der Waals surface area contributed by atoms with Crippen molar-refractivity contribution in [3.8, 4) is 11.5 Å². The van der Waals surface area contributed by atoms with Gasteiger partial charge >= 0.3 is 0 Å². The molecule has 0 bridgehead atoms. The van der Waals surface area contributed by atoms with E-state index in [0.29, 0.717) is 30.9 Å². The maximum absolute atomic E-state index is 13.1. The number of unbranched alkanes of at least 4 members (excludes halogenated alkanes) is 5. The van der Waals surface area contributed by atoms with Gasteiger partial charge in [0.05, 0.1) is 18.2 Å². The minimum absolute atomic E-state index is 0.141. The monoisotopic (exact) mass is 529 g/mol. The van der Waals surface area contributed by atoms with Gasteiger partial charge in [-0.15, -0.1) is 0 Å². The molecule has 6 heteroatoms. The molecule has 4 rings (SSSR count). The smallest absolute Gasteiger partial charge is 0.175 e. The summed E-state index contributed by atoms with van der Waals surface area (Å²) in [5.74, 6) is 1.25. The van der Waals surface area contributed by atoms with Crippen molar-refractivity contribution in [3.05, 3.63) is 44.7 Å². The van der Waals surface area contributed by atoms with Crippen LogP contribution in [0.4, 0.5) is 0 Å². The van der Waals surface area contributed by atoms with E-state index in [9.17, 15) is 9.59 Å². The number of allylic oxidation sites excluding steroid dienone is 4. The number of rotatable bonds is 10. The van der Waals surface area contributed by atoms with E-state index in [1.807, 2.05) is 12.1 Å². The van der Waals surface area contributed by atoms with Crippen molar-refractivity contribution in [2.75, 3.05) is 13.7 Å². The molecule has 1 aromatic rings. The van der Waals surface area contributed by atoms with Gasteiger partial charge < -0.3 is 14.8 Å². The van der Waals surface area contributed by atoms with Crippen LogP contribution in [-0.4, -0.2) is 25.3 Å². The van der Waals surface area contributed by atoms with Crippen molar-refractivity contribution in [1.82, 2.24) is 5.32 Å². The first-order chi connectivity index (χ1) is 16.5. The zero-order valence-electron chi connectivity index (χ0n) is 20.4. The Morgan fingerprint density at radius 3 is 2.15 bits per heavy atom. The highest BCUT2D eigenvalue weighted by Gasteiger charge is 2.40. The summed E-state index contributed by atoms with van der Waals surface area (Å²) in [6.45, 7) is 2.86. The van der Waals surface area contributed by atoms with E-state index in [4.69, 9.17) is 9.47 Å². The Labute approximate surface area is 211 Å². The van der Waals surface area contributed by atoms with E-state index in [1.54, 1.807) is 7.11 Å². The number of carbonyl (C=O) groups excluding carboxylic acids is 2. The van der Waals surface area contributed by atoms with Crippen LogP contribution in [0.15, 0.2) is 39.1 Å². The van der Waals surface area contributed by atoms with Crippen LogP contribution in [-0.2, 0) is 9.59 Å². The van der Waals surface area contributed by atoms with E-state index in [0.717, 1.165) is 71.1 Å². The molecule has 0 fully saturated rings. The Morgan fingerprint density at radius 1 is 0.912 bits per heavy atom. The van der Waals surface area contributed by atoms with Crippen molar-refractivity contribution in [2.24, 2.45) is 0 Å². The summed E-state index contributed by atoms with van der Waals surface area (Å²) in [5.41, 5.74) is 4.41. The van der Waals surface area contributed by atoms with Gasteiger partial charge in [0.2, 0.25) is 0 Å². The summed E-state index contributed by atoms with van der Waals surface area (Å²) in [6.07, 6.45) is 11.7. The summed E-state index contributed by atoms with van der Waals surface area (Å²) in [5, 5.41) is 3.47. The highest BCUT2D eigenvalue weighted by molar-refractivity contribution is 9.10. The molecule has 2 aliphatic carbocycles. The Kier molecular flexibility index (Phi) is 8.51. The lowest BCUT2D eigenvalue weighted by Crippen LogP contribution is -2.36. The predicted molar refractivity (Wildman–Crippen MR) is 137 cm³/mol. The Morgan fingerprint density at radius 2 is 1.53 bits per heavy atom. The molecule has 0 saturated carbocycles. The quantitative estimate of drug-likeness (QED) is 0.334. The molecule has 5 nitrogen and oxygen atoms in total. The predicted octanol–water partition coefficient (Wildman–Crippen LogP) is 6.90. The molecule has 1 aromatic carbocycles. The van der Waals surface area contributed by atoms with Gasteiger partial charge in [-0.1, -0.05) is 39.0 Å². The lowest BCUT2D eigenvalue weighted by Gasteiger charge is -2.37. The first-order valence-corrected chi connectivity index (χ1v) is 13.6. The SMILES string of the molecule is CCCCCCCCOc1c(Br)cc(C2C3=C(CCCC3=O)NC3=C2C(=O)CCC3)cc1OC. The van der Waals surface area contributed by atoms with E-state index in [2.05, 4.69) is 28.2 Å². The number of Topliss-reactive ketones (excluding diaryl/α,β-unsaturated/α-hetero) is 2. The highest BCUT2D eigenvalue weighted by atomic mass is 79.9. The topological polar surface area (TPSA) is 64.6 Å². The fourth-order valence-corrected chi connectivity index (χ4v) is 5.99. The molecule has 0 amide bonds. The second-order valence-electron chi connectivity index (χ2n) is 9.55. The molecular formula is C28H36BrNO4. The van der Waals surface area contributed by atoms with E-state index in [-0.39, 0.29) is 17.5 Å². The van der Waals surface area contributed by atoms with Gasteiger partial charge in [-0.3, -0.25) is 9.59 Å². The molecular weight excluding hydrogens is 494 g/mol. The standard InChI is InChI=1S/C28H36BrNO4/c1-3-4-5-6-7-8-15-34-28-19(29)16-18(17-24(28)33-2)25-26-20(11-9-13-22(26)31)30-21-12-10-14-23(32)27(21)25/h16-17,25,30H,3-15H2,1-2H3. The normalized spacial score (nSPS) is 18.6. The maximum Gasteiger partial charge on any atom is 0.175 e. The van der Waals surface area contributed by atoms with Crippen molar-refractivity contribution in [1.29, 1.82) is 0 Å². The number of methoxy groups -OCH3 is 1. The Bertz CT molecular complexity index is 968. The Hall–Kier alpha value is -2.08. The molecule has 1 heterocycles. The molecule has 1 aliphatic heterocycles. The summed E-state index contributed by atoms with van der Waals surface area (Å²) in [6, 6.07) is 3.96. The molecule has 0 radical (unpaired) electrons.